The molecule has 0 aliphatic rings. The van der Waals surface area contributed by atoms with E-state index in [1.165, 1.54) is 33.4 Å². The van der Waals surface area contributed by atoms with E-state index >= 15 is 0 Å². The van der Waals surface area contributed by atoms with Crippen molar-refractivity contribution >= 4 is 0 Å². The Morgan fingerprint density at radius 2 is 0.194 bits per heavy atom. The maximum atomic E-state index is 12.4. The van der Waals surface area contributed by atoms with Crippen LogP contribution in [0.3, 0.4) is 0 Å². The maximum Gasteiger partial charge on any atom is 3.00 e. The number of rotatable bonds is 0. The van der Waals surface area contributed by atoms with Gasteiger partial charge in [0.05, 0.1) is 0 Å². The van der Waals surface area contributed by atoms with Crippen molar-refractivity contribution < 1.29 is 96.1 Å². The van der Waals surface area contributed by atoms with Gasteiger partial charge in [0.2, 0.25) is 0 Å². The Labute approximate surface area is 653 Å². The van der Waals surface area contributed by atoms with E-state index in [1.807, 2.05) is 72.8 Å². The Balaban J connectivity index is 0. The van der Waals surface area contributed by atoms with Crippen LogP contribution in [0, 0.1) is 41.5 Å². The van der Waals surface area contributed by atoms with E-state index in [0.717, 1.165) is 66.8 Å². The van der Waals surface area contributed by atoms with Gasteiger partial charge < -0.3 is 30.6 Å². The van der Waals surface area contributed by atoms with E-state index in [-0.39, 0.29) is 165 Å². The zero-order valence-electron chi connectivity index (χ0n) is 70.5. The van der Waals surface area contributed by atoms with Crippen LogP contribution in [0.4, 0.5) is 0 Å². The first-order valence-electron chi connectivity index (χ1n) is 35.2. The molecule has 0 spiro atoms. The Bertz CT molecular complexity index is 2750. The van der Waals surface area contributed by atoms with Crippen LogP contribution in [-0.4, -0.2) is 0 Å². The molecule has 0 atom stereocenters. The van der Waals surface area contributed by atoms with Gasteiger partial charge in [-0.1, -0.05) is 355 Å². The average Bonchev–Trinajstić information content (AvgIpc) is 0.833. The van der Waals surface area contributed by atoms with E-state index < -0.39 is 0 Å². The molecule has 0 radical (unpaired) electrons. The average molecular weight is 1490 g/mol. The van der Waals surface area contributed by atoms with Crippen LogP contribution in [0.25, 0.3) is 0 Å². The third kappa shape index (κ3) is 28.5. The molecule has 0 bridgehead atoms. The van der Waals surface area contributed by atoms with Gasteiger partial charge in [0, 0.05) is 0 Å². The van der Waals surface area contributed by atoms with Crippen molar-refractivity contribution in [2.45, 2.75) is 356 Å². The molecule has 0 heterocycles. The molecule has 0 fully saturated rings. The van der Waals surface area contributed by atoms with Crippen molar-refractivity contribution in [2.75, 3.05) is 0 Å². The van der Waals surface area contributed by atoms with Crippen molar-refractivity contribution in [2.24, 2.45) is 0 Å². The molecule has 540 valence electrons. The van der Waals surface area contributed by atoms with Gasteiger partial charge in [-0.05, 0) is 173 Å². The summed E-state index contributed by atoms with van der Waals surface area (Å²) in [6.07, 6.45) is 0. The van der Waals surface area contributed by atoms with Gasteiger partial charge in [-0.2, -0.15) is 0 Å². The Hall–Kier alpha value is -3.67. The van der Waals surface area contributed by atoms with Crippen LogP contribution in [0.2, 0.25) is 0 Å². The largest absolute Gasteiger partial charge is 3.00 e. The first-order valence-corrected chi connectivity index (χ1v) is 35.2. The standard InChI is InChI=1S/6C15H24O.2Y/c6*1-10-8-11(14(2,3)4)13(16)12(9-10)15(5,6)7;;/h6*8-9,16H,1-7H3;;/q;;;;;;2*+3/p-6. The minimum absolute atomic E-state index is 0. The third-order valence-corrected chi connectivity index (χ3v) is 17.1. The quantitative estimate of drug-likeness (QED) is 0.148. The number of hydrogen-bond donors (Lipinski definition) is 0. The molecule has 6 aromatic carbocycles. The van der Waals surface area contributed by atoms with E-state index in [9.17, 15) is 30.6 Å². The number of aryl methyl sites for hydroxylation is 6. The van der Waals surface area contributed by atoms with E-state index in [0.29, 0.717) is 0 Å². The van der Waals surface area contributed by atoms with E-state index in [2.05, 4.69) is 291 Å². The van der Waals surface area contributed by atoms with E-state index in [4.69, 9.17) is 0 Å². The van der Waals surface area contributed by atoms with Crippen molar-refractivity contribution in [3.05, 3.63) is 173 Å². The van der Waals surface area contributed by atoms with Crippen LogP contribution in [0.1, 0.15) is 349 Å². The molecule has 0 saturated heterocycles. The van der Waals surface area contributed by atoms with Gasteiger partial charge in [0.25, 0.3) is 0 Å². The van der Waals surface area contributed by atoms with Crippen LogP contribution in [0.5, 0.6) is 34.5 Å². The molecule has 98 heavy (non-hydrogen) atoms. The predicted molar refractivity (Wildman–Crippen MR) is 408 cm³/mol. The van der Waals surface area contributed by atoms with Gasteiger partial charge in [-0.25, -0.2) is 0 Å². The molecule has 0 amide bonds. The molecule has 6 aromatic rings. The fraction of sp³-hybridized carbons (Fsp3) is 0.600. The molecule has 6 nitrogen and oxygen atoms in total. The molecular weight excluding hydrogens is 1350 g/mol. The monoisotopic (exact) mass is 1490 g/mol. The summed E-state index contributed by atoms with van der Waals surface area (Å²) in [5.41, 5.74) is 17.2. The van der Waals surface area contributed by atoms with Crippen LogP contribution in [-0.2, 0) is 130 Å². The van der Waals surface area contributed by atoms with Crippen molar-refractivity contribution in [3.8, 4) is 34.5 Å². The molecule has 0 aliphatic heterocycles. The summed E-state index contributed by atoms with van der Waals surface area (Å²) in [6, 6.07) is 24.3. The minimum Gasteiger partial charge on any atom is -0.872 e. The van der Waals surface area contributed by atoms with Crippen LogP contribution in [0.15, 0.2) is 72.8 Å². The SMILES string of the molecule is Cc1cc(C(C)(C)C)c([O-])c(C(C)(C)C)c1.Cc1cc(C(C)(C)C)c([O-])c(C(C)(C)C)c1.Cc1cc(C(C)(C)C)c([O-])c(C(C)(C)C)c1.Cc1cc(C(C)(C)C)c([O-])c(C(C)(C)C)c1.Cc1cc(C(C)(C)C)c([O-])c(C(C)(C)C)c1.Cc1cc(C(C)(C)C)c([O-])c(C(C)(C)C)c1.[Y+3].[Y+3]. The number of hydrogen-bond acceptors (Lipinski definition) is 6. The normalized spacial score (nSPS) is 12.7. The molecule has 0 N–H and O–H groups in total. The van der Waals surface area contributed by atoms with Gasteiger partial charge >= 0.3 is 65.4 Å². The number of benzene rings is 6. The molecule has 0 aliphatic carbocycles. The third-order valence-electron chi connectivity index (χ3n) is 17.1. The van der Waals surface area contributed by atoms with Crippen molar-refractivity contribution in [1.29, 1.82) is 0 Å². The summed E-state index contributed by atoms with van der Waals surface area (Å²) in [7, 11) is 0. The Kier molecular flexibility index (Phi) is 33.7. The molecule has 0 unspecified atom stereocenters. The molecule has 0 saturated carbocycles. The summed E-state index contributed by atoms with van der Waals surface area (Å²) >= 11 is 0. The smallest absolute Gasteiger partial charge is 0.872 e. The first kappa shape index (κ1) is 96.4. The summed E-state index contributed by atoms with van der Waals surface area (Å²) < 4.78 is 0. The zero-order valence-corrected chi connectivity index (χ0v) is 76.2. The Morgan fingerprint density at radius 1 is 0.143 bits per heavy atom. The van der Waals surface area contributed by atoms with Gasteiger partial charge in [-0.15, -0.1) is 34.5 Å². The minimum atomic E-state index is -0.0803. The van der Waals surface area contributed by atoms with Crippen molar-refractivity contribution in [3.63, 3.8) is 0 Å². The van der Waals surface area contributed by atoms with Crippen LogP contribution < -0.4 is 30.6 Å². The summed E-state index contributed by atoms with van der Waals surface area (Å²) in [4.78, 5) is 0. The maximum absolute atomic E-state index is 12.4. The van der Waals surface area contributed by atoms with Crippen LogP contribution >= 0.6 is 0 Å². The second-order valence-corrected chi connectivity index (χ2v) is 40.1. The zero-order chi connectivity index (χ0) is 76.3. The Morgan fingerprint density at radius 3 is 0.235 bits per heavy atom. The molecule has 6 rings (SSSR count). The van der Waals surface area contributed by atoms with Gasteiger partial charge in [0.1, 0.15) is 0 Å². The molecular formula is C90H138O6Y2. The second-order valence-electron chi connectivity index (χ2n) is 40.1. The summed E-state index contributed by atoms with van der Waals surface area (Å²) in [5.74, 6) is 1.28. The first-order chi connectivity index (χ1) is 42.2. The summed E-state index contributed by atoms with van der Waals surface area (Å²) in [5, 5.41) is 74.5. The fourth-order valence-electron chi connectivity index (χ4n) is 11.3. The predicted octanol–water partition coefficient (Wildman–Crippen LogP) is 22.0. The fourth-order valence-corrected chi connectivity index (χ4v) is 11.3. The van der Waals surface area contributed by atoms with Gasteiger partial charge in [0.15, 0.2) is 0 Å². The molecule has 8 heteroatoms. The van der Waals surface area contributed by atoms with Gasteiger partial charge in [-0.3, -0.25) is 0 Å². The molecule has 0 aromatic heterocycles. The topological polar surface area (TPSA) is 138 Å². The summed E-state index contributed by atoms with van der Waals surface area (Å²) in [6.45, 7) is 87.7. The van der Waals surface area contributed by atoms with Crippen molar-refractivity contribution in [1.82, 2.24) is 0 Å². The van der Waals surface area contributed by atoms with E-state index in [1.54, 1.807) is 0 Å². The second kappa shape index (κ2) is 34.3.